The summed E-state index contributed by atoms with van der Waals surface area (Å²) in [5.74, 6) is 0. The van der Waals surface area contributed by atoms with Crippen LogP contribution in [0, 0.1) is 6.85 Å². The van der Waals surface area contributed by atoms with Crippen LogP contribution in [0.15, 0.2) is 18.2 Å². The lowest BCUT2D eigenvalue weighted by Crippen LogP contribution is -2.29. The third-order valence-electron chi connectivity index (χ3n) is 1.29. The lowest BCUT2D eigenvalue weighted by atomic mass is 9.80. The first-order valence-electron chi connectivity index (χ1n) is 4.48. The molecule has 0 radical (unpaired) electrons. The van der Waals surface area contributed by atoms with Crippen LogP contribution in [0.2, 0.25) is 5.02 Å². The van der Waals surface area contributed by atoms with Crippen LogP contribution in [0.1, 0.15) is 9.68 Å². The Hall–Kier alpha value is -0.505. The molecule has 0 amide bonds. The number of rotatable bonds is 1. The lowest BCUT2D eigenvalue weighted by molar-refractivity contribution is 0.426. The van der Waals surface area contributed by atoms with Crippen LogP contribution in [0.5, 0.6) is 0 Å². The summed E-state index contributed by atoms with van der Waals surface area (Å²) in [5.41, 5.74) is 0.0327. The van der Waals surface area contributed by atoms with Crippen molar-refractivity contribution in [2.24, 2.45) is 0 Å². The number of halogens is 1. The fraction of sp³-hybridized carbons (Fsp3) is 0.143. The molecule has 1 aromatic carbocycles. The molecule has 1 aromatic rings. The van der Waals surface area contributed by atoms with Crippen molar-refractivity contribution in [3.63, 3.8) is 0 Å². The van der Waals surface area contributed by atoms with E-state index in [2.05, 4.69) is 0 Å². The molecule has 1 rings (SSSR count). The van der Waals surface area contributed by atoms with Crippen molar-refractivity contribution in [2.75, 3.05) is 0 Å². The van der Waals surface area contributed by atoms with Gasteiger partial charge in [-0.25, -0.2) is 0 Å². The molecule has 58 valence electrons. The fourth-order valence-electron chi connectivity index (χ4n) is 0.703. The van der Waals surface area contributed by atoms with E-state index >= 15 is 0 Å². The Labute approximate surface area is 74.8 Å². The highest BCUT2D eigenvalue weighted by atomic mass is 35.5. The summed E-state index contributed by atoms with van der Waals surface area (Å²) in [4.78, 5) is 0. The first-order chi connectivity index (χ1) is 6.32. The van der Waals surface area contributed by atoms with Crippen molar-refractivity contribution in [1.82, 2.24) is 0 Å². The van der Waals surface area contributed by atoms with E-state index in [0.29, 0.717) is 0 Å². The Morgan fingerprint density at radius 2 is 2.27 bits per heavy atom. The summed E-state index contributed by atoms with van der Waals surface area (Å²) in [6.45, 7) is -2.35. The maximum Gasteiger partial charge on any atom is 0.488 e. The molecule has 0 fully saturated rings. The molecule has 0 aliphatic rings. The van der Waals surface area contributed by atoms with Gasteiger partial charge in [-0.1, -0.05) is 23.7 Å². The molecule has 0 saturated carbocycles. The van der Waals surface area contributed by atoms with Crippen molar-refractivity contribution < 1.29 is 14.2 Å². The molecule has 0 saturated heterocycles. The van der Waals surface area contributed by atoms with Gasteiger partial charge in [0, 0.05) is 9.13 Å². The smallest absolute Gasteiger partial charge is 0.423 e. The van der Waals surface area contributed by atoms with Gasteiger partial charge in [-0.05, 0) is 23.9 Å². The van der Waals surface area contributed by atoms with E-state index in [1.54, 1.807) is 0 Å². The van der Waals surface area contributed by atoms with Crippen LogP contribution in [0.25, 0.3) is 0 Å². The number of hydrogen-bond acceptors (Lipinski definition) is 2. The van der Waals surface area contributed by atoms with Gasteiger partial charge in [-0.15, -0.1) is 0 Å². The molecule has 0 unspecified atom stereocenters. The Morgan fingerprint density at radius 3 is 2.82 bits per heavy atom. The molecule has 0 aliphatic heterocycles. The van der Waals surface area contributed by atoms with Crippen LogP contribution < -0.4 is 5.46 Å². The Bertz CT molecular complexity index is 340. The minimum absolute atomic E-state index is 0.0789. The summed E-state index contributed by atoms with van der Waals surface area (Å²) in [5, 5.41) is 17.8. The molecule has 0 aromatic heterocycles. The summed E-state index contributed by atoms with van der Waals surface area (Å²) in [6, 6.07) is 3.86. The normalized spacial score (nSPS) is 15.0. The summed E-state index contributed by atoms with van der Waals surface area (Å²) in [7, 11) is -1.69. The van der Waals surface area contributed by atoms with E-state index in [1.807, 2.05) is 0 Å². The van der Waals surface area contributed by atoms with E-state index in [4.69, 9.17) is 25.8 Å². The van der Waals surface area contributed by atoms with Gasteiger partial charge in [-0.2, -0.15) is 0 Å². The molecular formula is C7H8BClO2. The van der Waals surface area contributed by atoms with E-state index in [1.165, 1.54) is 18.2 Å². The highest BCUT2D eigenvalue weighted by Gasteiger charge is 2.10. The molecule has 0 heterocycles. The Kier molecular flexibility index (Phi) is 1.54. The summed E-state index contributed by atoms with van der Waals surface area (Å²) >= 11 is 5.66. The van der Waals surface area contributed by atoms with Crippen molar-refractivity contribution in [2.45, 2.75) is 6.85 Å². The van der Waals surface area contributed by atoms with Gasteiger partial charge < -0.3 is 10.0 Å². The highest BCUT2D eigenvalue weighted by Crippen LogP contribution is 2.11. The highest BCUT2D eigenvalue weighted by molar-refractivity contribution is 6.58. The second-order valence-corrected chi connectivity index (χ2v) is 2.52. The minimum atomic E-state index is -2.35. The Morgan fingerprint density at radius 1 is 1.55 bits per heavy atom. The molecule has 0 atom stereocenters. The third kappa shape index (κ3) is 1.96. The van der Waals surface area contributed by atoms with Crippen molar-refractivity contribution in [3.05, 3.63) is 28.8 Å². The van der Waals surface area contributed by atoms with Crippen molar-refractivity contribution in [3.8, 4) is 0 Å². The van der Waals surface area contributed by atoms with E-state index in [0.717, 1.165) is 0 Å². The number of aryl methyl sites for hydroxylation is 1. The molecule has 4 heteroatoms. The number of hydrogen-bond donors (Lipinski definition) is 2. The first-order valence-corrected chi connectivity index (χ1v) is 3.36. The van der Waals surface area contributed by atoms with Gasteiger partial charge in [0.1, 0.15) is 0 Å². The standard InChI is InChI=1S/C7H8BClO2/c1-5-4-6(8(10)11)2-3-7(5)9/h2-4,10-11H,1H3/i1D3. The predicted octanol–water partition coefficient (Wildman–Crippen LogP) is 0.328. The minimum Gasteiger partial charge on any atom is -0.423 e. The average molecular weight is 173 g/mol. The second-order valence-electron chi connectivity index (χ2n) is 2.11. The number of benzene rings is 1. The molecule has 2 nitrogen and oxygen atoms in total. The molecule has 0 aliphatic carbocycles. The van der Waals surface area contributed by atoms with Crippen molar-refractivity contribution >= 4 is 24.2 Å². The maximum atomic E-state index is 8.83. The monoisotopic (exact) mass is 173 g/mol. The fourth-order valence-corrected chi connectivity index (χ4v) is 0.821. The van der Waals surface area contributed by atoms with Crippen LogP contribution in [-0.2, 0) is 0 Å². The van der Waals surface area contributed by atoms with Crippen LogP contribution >= 0.6 is 11.6 Å². The van der Waals surface area contributed by atoms with Gasteiger partial charge in [0.05, 0.1) is 0 Å². The van der Waals surface area contributed by atoms with Crippen LogP contribution in [-0.4, -0.2) is 17.2 Å². The topological polar surface area (TPSA) is 40.5 Å². The largest absolute Gasteiger partial charge is 0.488 e. The van der Waals surface area contributed by atoms with Gasteiger partial charge in [0.25, 0.3) is 0 Å². The van der Waals surface area contributed by atoms with Gasteiger partial charge in [0.15, 0.2) is 0 Å². The molecule has 2 N–H and O–H groups in total. The molecular weight excluding hydrogens is 162 g/mol. The zero-order chi connectivity index (χ0) is 10.9. The second kappa shape index (κ2) is 3.26. The lowest BCUT2D eigenvalue weighted by Gasteiger charge is -2.01. The van der Waals surface area contributed by atoms with E-state index < -0.39 is 14.0 Å². The molecule has 0 spiro atoms. The maximum absolute atomic E-state index is 8.83. The summed E-state index contributed by atoms with van der Waals surface area (Å²) in [6.07, 6.45) is 0. The van der Waals surface area contributed by atoms with Gasteiger partial charge in [-0.3, -0.25) is 0 Å². The Balaban J connectivity index is 3.22. The summed E-state index contributed by atoms with van der Waals surface area (Å²) < 4.78 is 21.4. The zero-order valence-electron chi connectivity index (χ0n) is 8.58. The SMILES string of the molecule is [2H]C([2H])([2H])c1cc(B(O)O)ccc1Cl. The predicted molar refractivity (Wildman–Crippen MR) is 46.0 cm³/mol. The van der Waals surface area contributed by atoms with Crippen LogP contribution in [0.3, 0.4) is 0 Å². The zero-order valence-corrected chi connectivity index (χ0v) is 6.34. The van der Waals surface area contributed by atoms with Crippen LogP contribution in [0.4, 0.5) is 0 Å². The first kappa shape index (κ1) is 5.20. The van der Waals surface area contributed by atoms with E-state index in [-0.39, 0.29) is 16.0 Å². The molecule has 11 heavy (non-hydrogen) atoms. The van der Waals surface area contributed by atoms with Crippen molar-refractivity contribution in [1.29, 1.82) is 0 Å². The van der Waals surface area contributed by atoms with E-state index in [9.17, 15) is 0 Å². The van der Waals surface area contributed by atoms with Gasteiger partial charge in [0.2, 0.25) is 0 Å². The third-order valence-corrected chi connectivity index (χ3v) is 1.62. The molecule has 0 bridgehead atoms. The van der Waals surface area contributed by atoms with Gasteiger partial charge >= 0.3 is 7.12 Å². The average Bonchev–Trinajstić information content (AvgIpc) is 2.02. The quantitative estimate of drug-likeness (QED) is 0.601.